The van der Waals surface area contributed by atoms with E-state index >= 15 is 0 Å². The largest absolute Gasteiger partial charge is 0.340 e. The lowest BCUT2D eigenvalue weighted by molar-refractivity contribution is -0.139. The molecular weight excluding hydrogens is 398 g/mol. The molecule has 0 unspecified atom stereocenters. The molecule has 0 bridgehead atoms. The molecule has 0 atom stereocenters. The summed E-state index contributed by atoms with van der Waals surface area (Å²) in [7, 11) is 1.68. The van der Waals surface area contributed by atoms with Crippen molar-refractivity contribution in [1.82, 2.24) is 15.1 Å². The van der Waals surface area contributed by atoms with Crippen LogP contribution in [0.15, 0.2) is 28.7 Å². The van der Waals surface area contributed by atoms with Gasteiger partial charge in [-0.3, -0.25) is 14.5 Å². The van der Waals surface area contributed by atoms with E-state index in [1.807, 2.05) is 24.3 Å². The molecule has 1 heterocycles. The lowest BCUT2D eigenvalue weighted by atomic mass is 9.77. The smallest absolute Gasteiger partial charge is 0.325 e. The van der Waals surface area contributed by atoms with Crippen molar-refractivity contribution in [3.05, 3.63) is 34.3 Å². The van der Waals surface area contributed by atoms with Crippen LogP contribution in [0.3, 0.4) is 0 Å². The highest BCUT2D eigenvalue weighted by molar-refractivity contribution is 9.10. The topological polar surface area (TPSA) is 69.7 Å². The maximum Gasteiger partial charge on any atom is 0.325 e. The molecule has 26 heavy (non-hydrogen) atoms. The summed E-state index contributed by atoms with van der Waals surface area (Å²) < 4.78 is 0.921. The Morgan fingerprint density at radius 1 is 1.31 bits per heavy atom. The Kier molecular flexibility index (Phi) is 5.37. The van der Waals surface area contributed by atoms with E-state index in [0.717, 1.165) is 27.8 Å². The van der Waals surface area contributed by atoms with Gasteiger partial charge in [0.2, 0.25) is 5.91 Å². The van der Waals surface area contributed by atoms with Gasteiger partial charge in [-0.05, 0) is 43.2 Å². The summed E-state index contributed by atoms with van der Waals surface area (Å²) >= 11 is 3.47. The number of amides is 4. The fourth-order valence-electron chi connectivity index (χ4n) is 3.64. The van der Waals surface area contributed by atoms with Crippen LogP contribution < -0.4 is 5.32 Å². The van der Waals surface area contributed by atoms with Crippen molar-refractivity contribution in [2.45, 2.75) is 44.7 Å². The van der Waals surface area contributed by atoms with E-state index in [9.17, 15) is 14.4 Å². The average Bonchev–Trinajstić information content (AvgIpc) is 2.84. The van der Waals surface area contributed by atoms with Gasteiger partial charge < -0.3 is 10.2 Å². The molecule has 3 rings (SSSR count). The highest BCUT2D eigenvalue weighted by Crippen LogP contribution is 2.36. The molecule has 6 nitrogen and oxygen atoms in total. The number of nitrogens with zero attached hydrogens (tertiary/aromatic N) is 2. The van der Waals surface area contributed by atoms with Crippen molar-refractivity contribution in [2.75, 3.05) is 13.6 Å². The van der Waals surface area contributed by atoms with E-state index in [-0.39, 0.29) is 18.4 Å². The lowest BCUT2D eigenvalue weighted by Gasteiger charge is -2.33. The third kappa shape index (κ3) is 3.63. The van der Waals surface area contributed by atoms with E-state index < -0.39 is 11.6 Å². The SMILES string of the molecule is CC1CCC2(CC1)NC(=O)N(CC(=O)N(C)Cc1ccccc1Br)C2=O. The Labute approximate surface area is 162 Å². The molecule has 0 radical (unpaired) electrons. The first-order valence-electron chi connectivity index (χ1n) is 8.94. The van der Waals surface area contributed by atoms with Crippen LogP contribution in [0.1, 0.15) is 38.2 Å². The summed E-state index contributed by atoms with van der Waals surface area (Å²) in [4.78, 5) is 40.3. The maximum absolute atomic E-state index is 12.8. The number of rotatable bonds is 4. The minimum Gasteiger partial charge on any atom is -0.340 e. The lowest BCUT2D eigenvalue weighted by Crippen LogP contribution is -2.50. The number of nitrogens with one attached hydrogen (secondary N) is 1. The molecule has 0 aromatic heterocycles. The molecular formula is C19H24BrN3O3. The molecule has 1 aromatic carbocycles. The molecule has 1 aliphatic heterocycles. The van der Waals surface area contributed by atoms with Crippen LogP contribution >= 0.6 is 15.9 Å². The molecule has 1 saturated carbocycles. The molecule has 2 aliphatic rings. The summed E-state index contributed by atoms with van der Waals surface area (Å²) in [6.07, 6.45) is 3.12. The summed E-state index contributed by atoms with van der Waals surface area (Å²) in [6.45, 7) is 2.35. The van der Waals surface area contributed by atoms with Crippen molar-refractivity contribution >= 4 is 33.8 Å². The number of carbonyl (C=O) groups is 3. The first kappa shape index (κ1) is 18.9. The van der Waals surface area contributed by atoms with E-state index in [0.29, 0.717) is 25.3 Å². The Morgan fingerprint density at radius 3 is 2.62 bits per heavy atom. The van der Waals surface area contributed by atoms with Gasteiger partial charge in [-0.15, -0.1) is 0 Å². The maximum atomic E-state index is 12.8. The Morgan fingerprint density at radius 2 is 1.96 bits per heavy atom. The molecule has 1 spiro atoms. The number of likely N-dealkylation sites (N-methyl/N-ethyl adjacent to an activating group) is 1. The van der Waals surface area contributed by atoms with Crippen molar-refractivity contribution in [1.29, 1.82) is 0 Å². The zero-order valence-corrected chi connectivity index (χ0v) is 16.7. The minimum absolute atomic E-state index is 0.219. The van der Waals surface area contributed by atoms with Crippen molar-refractivity contribution in [3.8, 4) is 0 Å². The van der Waals surface area contributed by atoms with Gasteiger partial charge in [0.1, 0.15) is 12.1 Å². The molecule has 1 saturated heterocycles. The second-order valence-corrected chi connectivity index (χ2v) is 8.28. The first-order valence-corrected chi connectivity index (χ1v) is 9.73. The predicted molar refractivity (Wildman–Crippen MR) is 101 cm³/mol. The van der Waals surface area contributed by atoms with E-state index in [1.165, 1.54) is 4.90 Å². The summed E-state index contributed by atoms with van der Waals surface area (Å²) in [5.74, 6) is 0.0546. The van der Waals surface area contributed by atoms with Crippen molar-refractivity contribution in [2.24, 2.45) is 5.92 Å². The third-order valence-corrected chi connectivity index (χ3v) is 6.23. The molecule has 4 amide bonds. The van der Waals surface area contributed by atoms with Crippen molar-refractivity contribution < 1.29 is 14.4 Å². The van der Waals surface area contributed by atoms with Gasteiger partial charge in [0.05, 0.1) is 0 Å². The van der Waals surface area contributed by atoms with E-state index in [4.69, 9.17) is 0 Å². The number of benzene rings is 1. The summed E-state index contributed by atoms with van der Waals surface area (Å²) in [6, 6.07) is 7.21. The normalized spacial score (nSPS) is 25.5. The second kappa shape index (κ2) is 7.39. The number of carbonyl (C=O) groups excluding carboxylic acids is 3. The Balaban J connectivity index is 1.64. The van der Waals surface area contributed by atoms with Crippen LogP contribution in [-0.4, -0.2) is 46.8 Å². The van der Waals surface area contributed by atoms with Crippen molar-refractivity contribution in [3.63, 3.8) is 0 Å². The number of halogens is 1. The summed E-state index contributed by atoms with van der Waals surface area (Å²) in [5.41, 5.74) is 0.170. The summed E-state index contributed by atoms with van der Waals surface area (Å²) in [5, 5.41) is 2.85. The highest BCUT2D eigenvalue weighted by Gasteiger charge is 2.52. The zero-order valence-electron chi connectivity index (χ0n) is 15.1. The van der Waals surface area contributed by atoms with Gasteiger partial charge in [-0.2, -0.15) is 0 Å². The molecule has 1 aliphatic carbocycles. The van der Waals surface area contributed by atoms with Crippen LogP contribution in [0.2, 0.25) is 0 Å². The molecule has 7 heteroatoms. The number of hydrogen-bond donors (Lipinski definition) is 1. The highest BCUT2D eigenvalue weighted by atomic mass is 79.9. The van der Waals surface area contributed by atoms with Gasteiger partial charge in [-0.1, -0.05) is 41.1 Å². The molecule has 1 aromatic rings. The average molecular weight is 422 g/mol. The molecule has 2 fully saturated rings. The van der Waals surface area contributed by atoms with Gasteiger partial charge in [0.15, 0.2) is 0 Å². The first-order chi connectivity index (χ1) is 12.3. The fraction of sp³-hybridized carbons (Fsp3) is 0.526. The van der Waals surface area contributed by atoms with Crippen LogP contribution in [0.4, 0.5) is 4.79 Å². The number of hydrogen-bond acceptors (Lipinski definition) is 3. The van der Waals surface area contributed by atoms with Crippen LogP contribution in [0.5, 0.6) is 0 Å². The quantitative estimate of drug-likeness (QED) is 0.759. The van der Waals surface area contributed by atoms with Gasteiger partial charge >= 0.3 is 6.03 Å². The third-order valence-electron chi connectivity index (χ3n) is 5.46. The minimum atomic E-state index is -0.801. The van der Waals surface area contributed by atoms with E-state index in [2.05, 4.69) is 28.2 Å². The standard InChI is InChI=1S/C19H24BrN3O3/c1-13-7-9-19(10-8-13)17(25)23(18(26)21-19)12-16(24)22(2)11-14-5-3-4-6-15(14)20/h3-6,13H,7-12H2,1-2H3,(H,21,26). The number of urea groups is 1. The molecule has 1 N–H and O–H groups in total. The van der Waals surface area contributed by atoms with Gasteiger partial charge in [0, 0.05) is 18.1 Å². The number of imide groups is 1. The van der Waals surface area contributed by atoms with Crippen LogP contribution in [0, 0.1) is 5.92 Å². The Bertz CT molecular complexity index is 728. The Hall–Kier alpha value is -1.89. The van der Waals surface area contributed by atoms with Crippen LogP contribution in [0.25, 0.3) is 0 Å². The monoisotopic (exact) mass is 421 g/mol. The fourth-order valence-corrected chi connectivity index (χ4v) is 4.05. The van der Waals surface area contributed by atoms with Gasteiger partial charge in [0.25, 0.3) is 5.91 Å². The zero-order chi connectivity index (χ0) is 18.9. The van der Waals surface area contributed by atoms with Crippen LogP contribution in [-0.2, 0) is 16.1 Å². The van der Waals surface area contributed by atoms with Gasteiger partial charge in [-0.25, -0.2) is 4.79 Å². The second-order valence-electron chi connectivity index (χ2n) is 7.43. The predicted octanol–water partition coefficient (Wildman–Crippen LogP) is 2.91. The van der Waals surface area contributed by atoms with E-state index in [1.54, 1.807) is 7.05 Å². The molecule has 140 valence electrons.